The van der Waals surface area contributed by atoms with Crippen LogP contribution in [-0.4, -0.2) is 26.0 Å². The molecular weight excluding hydrogens is 330 g/mol. The molecule has 0 bridgehead atoms. The number of para-hydroxylation sites is 1. The van der Waals surface area contributed by atoms with E-state index in [4.69, 9.17) is 4.52 Å². The average molecular weight is 347 g/mol. The second-order valence-electron chi connectivity index (χ2n) is 6.03. The van der Waals surface area contributed by atoms with Crippen molar-refractivity contribution in [2.75, 3.05) is 0 Å². The van der Waals surface area contributed by atoms with E-state index < -0.39 is 0 Å². The summed E-state index contributed by atoms with van der Waals surface area (Å²) in [5.41, 5.74) is 4.44. The van der Waals surface area contributed by atoms with Crippen molar-refractivity contribution in [3.8, 4) is 11.4 Å². The molecule has 0 aliphatic heterocycles. The lowest BCUT2D eigenvalue weighted by atomic mass is 10.1. The first-order chi connectivity index (χ1) is 12.6. The van der Waals surface area contributed by atoms with Crippen molar-refractivity contribution in [1.29, 1.82) is 0 Å². The SMILES string of the molecule is Cc1[nH]c2c(C(=O)NCc3nc(-c4ccncc4)no3)cccc2c1C. The predicted octanol–water partition coefficient (Wildman–Crippen LogP) is 3.16. The maximum absolute atomic E-state index is 12.6. The lowest BCUT2D eigenvalue weighted by Gasteiger charge is -2.04. The Morgan fingerprint density at radius 2 is 2.00 bits per heavy atom. The van der Waals surface area contributed by atoms with Gasteiger partial charge in [0, 0.05) is 29.0 Å². The van der Waals surface area contributed by atoms with Crippen LogP contribution in [0.5, 0.6) is 0 Å². The van der Waals surface area contributed by atoms with Crippen LogP contribution in [0, 0.1) is 13.8 Å². The molecule has 130 valence electrons. The molecule has 0 unspecified atom stereocenters. The second-order valence-corrected chi connectivity index (χ2v) is 6.03. The highest BCUT2D eigenvalue weighted by Gasteiger charge is 2.15. The maximum Gasteiger partial charge on any atom is 0.253 e. The number of fused-ring (bicyclic) bond motifs is 1. The van der Waals surface area contributed by atoms with Gasteiger partial charge in [-0.2, -0.15) is 4.98 Å². The molecule has 1 aromatic carbocycles. The standard InChI is InChI=1S/C19H17N5O2/c1-11-12(2)22-17-14(11)4-3-5-15(17)19(25)21-10-16-23-18(24-26-16)13-6-8-20-9-7-13/h3-9,22H,10H2,1-2H3,(H,21,25). The molecule has 0 atom stereocenters. The number of carbonyl (C=O) groups is 1. The van der Waals surface area contributed by atoms with Gasteiger partial charge in [0.25, 0.3) is 5.91 Å². The minimum atomic E-state index is -0.194. The normalized spacial score (nSPS) is 11.0. The largest absolute Gasteiger partial charge is 0.358 e. The summed E-state index contributed by atoms with van der Waals surface area (Å²) in [5, 5.41) is 7.81. The molecule has 0 radical (unpaired) electrons. The van der Waals surface area contributed by atoms with Gasteiger partial charge in [0.1, 0.15) is 0 Å². The zero-order valence-corrected chi connectivity index (χ0v) is 14.4. The highest BCUT2D eigenvalue weighted by Crippen LogP contribution is 2.24. The van der Waals surface area contributed by atoms with Gasteiger partial charge < -0.3 is 14.8 Å². The van der Waals surface area contributed by atoms with Crippen LogP contribution in [-0.2, 0) is 6.54 Å². The molecule has 0 aliphatic rings. The first-order valence-corrected chi connectivity index (χ1v) is 8.22. The maximum atomic E-state index is 12.6. The number of hydrogen-bond acceptors (Lipinski definition) is 5. The van der Waals surface area contributed by atoms with Crippen LogP contribution < -0.4 is 5.32 Å². The molecule has 0 spiro atoms. The number of nitrogens with zero attached hydrogens (tertiary/aromatic N) is 3. The Morgan fingerprint density at radius 1 is 1.19 bits per heavy atom. The molecule has 7 heteroatoms. The summed E-state index contributed by atoms with van der Waals surface area (Å²) in [6.07, 6.45) is 3.32. The van der Waals surface area contributed by atoms with Gasteiger partial charge in [-0.3, -0.25) is 9.78 Å². The molecule has 7 nitrogen and oxygen atoms in total. The highest BCUT2D eigenvalue weighted by atomic mass is 16.5. The van der Waals surface area contributed by atoms with E-state index >= 15 is 0 Å². The summed E-state index contributed by atoms with van der Waals surface area (Å²) in [6.45, 7) is 4.19. The summed E-state index contributed by atoms with van der Waals surface area (Å²) < 4.78 is 5.21. The topological polar surface area (TPSA) is 96.7 Å². The third kappa shape index (κ3) is 2.83. The average Bonchev–Trinajstić information content (AvgIpc) is 3.26. The highest BCUT2D eigenvalue weighted by molar-refractivity contribution is 6.06. The van der Waals surface area contributed by atoms with Crippen molar-refractivity contribution in [3.63, 3.8) is 0 Å². The molecule has 4 aromatic rings. The monoisotopic (exact) mass is 347 g/mol. The number of carbonyl (C=O) groups excluding carboxylic acids is 1. The van der Waals surface area contributed by atoms with Crippen LogP contribution in [0.2, 0.25) is 0 Å². The molecule has 1 amide bonds. The van der Waals surface area contributed by atoms with E-state index in [2.05, 4.69) is 25.4 Å². The molecule has 0 saturated carbocycles. The Labute approximate surface area is 149 Å². The minimum absolute atomic E-state index is 0.159. The smallest absolute Gasteiger partial charge is 0.253 e. The summed E-state index contributed by atoms with van der Waals surface area (Å²) in [4.78, 5) is 24.1. The lowest BCUT2D eigenvalue weighted by molar-refractivity contribution is 0.0948. The van der Waals surface area contributed by atoms with Gasteiger partial charge in [0.2, 0.25) is 11.7 Å². The summed E-state index contributed by atoms with van der Waals surface area (Å²) >= 11 is 0. The molecule has 3 heterocycles. The number of aromatic nitrogens is 4. The van der Waals surface area contributed by atoms with Gasteiger partial charge in [-0.25, -0.2) is 0 Å². The zero-order chi connectivity index (χ0) is 18.1. The molecular formula is C19H17N5O2. The second kappa shape index (κ2) is 6.44. The first-order valence-electron chi connectivity index (χ1n) is 8.22. The van der Waals surface area contributed by atoms with Crippen molar-refractivity contribution in [2.45, 2.75) is 20.4 Å². The number of pyridine rings is 1. The van der Waals surface area contributed by atoms with E-state index in [0.29, 0.717) is 17.3 Å². The van der Waals surface area contributed by atoms with Crippen LogP contribution >= 0.6 is 0 Å². The van der Waals surface area contributed by atoms with E-state index in [1.807, 2.05) is 26.0 Å². The molecule has 2 N–H and O–H groups in total. The lowest BCUT2D eigenvalue weighted by Crippen LogP contribution is -2.23. The summed E-state index contributed by atoms with van der Waals surface area (Å²) in [7, 11) is 0. The van der Waals surface area contributed by atoms with E-state index in [0.717, 1.165) is 27.7 Å². The fraction of sp³-hybridized carbons (Fsp3) is 0.158. The number of aryl methyl sites for hydroxylation is 2. The van der Waals surface area contributed by atoms with Gasteiger partial charge in [0.05, 0.1) is 17.6 Å². The third-order valence-electron chi connectivity index (χ3n) is 4.39. The van der Waals surface area contributed by atoms with Crippen LogP contribution in [0.15, 0.2) is 47.2 Å². The van der Waals surface area contributed by atoms with E-state index in [1.165, 1.54) is 0 Å². The van der Waals surface area contributed by atoms with Gasteiger partial charge >= 0.3 is 0 Å². The Kier molecular flexibility index (Phi) is 3.96. The molecule has 0 saturated heterocycles. The molecule has 4 rings (SSSR count). The Bertz CT molecular complexity index is 1080. The molecule has 0 fully saturated rings. The van der Waals surface area contributed by atoms with Crippen molar-refractivity contribution in [2.24, 2.45) is 0 Å². The van der Waals surface area contributed by atoms with E-state index in [-0.39, 0.29) is 12.5 Å². The van der Waals surface area contributed by atoms with Crippen LogP contribution in [0.25, 0.3) is 22.3 Å². The number of benzene rings is 1. The van der Waals surface area contributed by atoms with Gasteiger partial charge in [-0.05, 0) is 37.6 Å². The van der Waals surface area contributed by atoms with Crippen molar-refractivity contribution < 1.29 is 9.32 Å². The molecule has 0 aliphatic carbocycles. The number of aromatic amines is 1. The van der Waals surface area contributed by atoms with Crippen molar-refractivity contribution >= 4 is 16.8 Å². The summed E-state index contributed by atoms with van der Waals surface area (Å²) in [5.74, 6) is 0.617. The fourth-order valence-corrected chi connectivity index (χ4v) is 2.87. The van der Waals surface area contributed by atoms with Gasteiger partial charge in [-0.15, -0.1) is 0 Å². The van der Waals surface area contributed by atoms with Crippen LogP contribution in [0.3, 0.4) is 0 Å². The van der Waals surface area contributed by atoms with Crippen LogP contribution in [0.4, 0.5) is 0 Å². The molecule has 3 aromatic heterocycles. The Balaban J connectivity index is 1.52. The zero-order valence-electron chi connectivity index (χ0n) is 14.4. The fourth-order valence-electron chi connectivity index (χ4n) is 2.87. The van der Waals surface area contributed by atoms with Crippen molar-refractivity contribution in [1.82, 2.24) is 25.4 Å². The van der Waals surface area contributed by atoms with Gasteiger partial charge in [0.15, 0.2) is 0 Å². The number of H-pyrrole nitrogens is 1. The van der Waals surface area contributed by atoms with Crippen molar-refractivity contribution in [3.05, 3.63) is 65.4 Å². The number of nitrogens with one attached hydrogen (secondary N) is 2. The third-order valence-corrected chi connectivity index (χ3v) is 4.39. The predicted molar refractivity (Wildman–Crippen MR) is 96.5 cm³/mol. The summed E-state index contributed by atoms with van der Waals surface area (Å²) in [6, 6.07) is 9.27. The first kappa shape index (κ1) is 16.0. The number of hydrogen-bond donors (Lipinski definition) is 2. The Morgan fingerprint density at radius 3 is 2.81 bits per heavy atom. The Hall–Kier alpha value is -3.48. The van der Waals surface area contributed by atoms with E-state index in [9.17, 15) is 4.79 Å². The number of amides is 1. The molecule has 26 heavy (non-hydrogen) atoms. The van der Waals surface area contributed by atoms with Gasteiger partial charge in [-0.1, -0.05) is 17.3 Å². The van der Waals surface area contributed by atoms with E-state index in [1.54, 1.807) is 30.6 Å². The minimum Gasteiger partial charge on any atom is -0.358 e. The number of rotatable bonds is 4. The quantitative estimate of drug-likeness (QED) is 0.591. The van der Waals surface area contributed by atoms with Crippen LogP contribution in [0.1, 0.15) is 27.5 Å².